The first kappa shape index (κ1) is 30.6. The normalized spacial score (nSPS) is 11.4. The summed E-state index contributed by atoms with van der Waals surface area (Å²) in [4.78, 5) is 16.2. The van der Waals surface area contributed by atoms with Gasteiger partial charge in [-0.15, -0.1) is 12.4 Å². The number of carbonyl (C=O) groups is 1. The summed E-state index contributed by atoms with van der Waals surface area (Å²) in [5, 5.41) is 0. The zero-order valence-electron chi connectivity index (χ0n) is 24.2. The Morgan fingerprint density at radius 2 is 1.07 bits per heavy atom. The quantitative estimate of drug-likeness (QED) is 0.146. The van der Waals surface area contributed by atoms with Crippen molar-refractivity contribution in [2.75, 3.05) is 0 Å². The largest absolute Gasteiger partial charge is 0.453 e. The minimum atomic E-state index is -0.369. The number of ketones is 1. The van der Waals surface area contributed by atoms with E-state index in [1.165, 1.54) is 0 Å². The van der Waals surface area contributed by atoms with Crippen LogP contribution >= 0.6 is 12.4 Å². The van der Waals surface area contributed by atoms with Crippen molar-refractivity contribution in [3.05, 3.63) is 155 Å². The number of rotatable bonds is 11. The van der Waals surface area contributed by atoms with Crippen LogP contribution in [0.15, 0.2) is 127 Å². The van der Waals surface area contributed by atoms with Gasteiger partial charge in [-0.05, 0) is 74.4 Å². The molecule has 214 valence electrons. The Bertz CT molecular complexity index is 1530. The Labute approximate surface area is 255 Å². The molecule has 0 aromatic heterocycles. The van der Waals surface area contributed by atoms with Crippen molar-refractivity contribution in [3.8, 4) is 23.0 Å². The highest BCUT2D eigenvalue weighted by Crippen LogP contribution is 2.36. The molecule has 4 nitrogen and oxygen atoms in total. The molecule has 0 saturated carbocycles. The van der Waals surface area contributed by atoms with E-state index < -0.39 is 0 Å². The summed E-state index contributed by atoms with van der Waals surface area (Å²) >= 11 is 0. The first-order valence-corrected chi connectivity index (χ1v) is 13.9. The van der Waals surface area contributed by atoms with E-state index in [4.69, 9.17) is 9.47 Å². The van der Waals surface area contributed by atoms with E-state index in [0.29, 0.717) is 41.7 Å². The highest BCUT2D eigenvalue weighted by molar-refractivity contribution is 6.00. The lowest BCUT2D eigenvalue weighted by Crippen LogP contribution is -2.38. The first-order chi connectivity index (χ1) is 19.9. The van der Waals surface area contributed by atoms with Crippen LogP contribution in [0.2, 0.25) is 0 Å². The average molecular weight is 578 g/mol. The number of benzene rings is 5. The minimum Gasteiger partial charge on any atom is -0.453 e. The second-order valence-corrected chi connectivity index (χ2v) is 10.4. The van der Waals surface area contributed by atoms with Gasteiger partial charge < -0.3 is 9.47 Å². The lowest BCUT2D eigenvalue weighted by Gasteiger charge is -2.28. The van der Waals surface area contributed by atoms with E-state index in [2.05, 4.69) is 29.2 Å². The molecule has 0 fully saturated rings. The van der Waals surface area contributed by atoms with E-state index in [9.17, 15) is 4.79 Å². The lowest BCUT2D eigenvalue weighted by molar-refractivity contribution is 0.0816. The van der Waals surface area contributed by atoms with Crippen molar-refractivity contribution in [1.82, 2.24) is 4.90 Å². The zero-order chi connectivity index (χ0) is 28.6. The van der Waals surface area contributed by atoms with Gasteiger partial charge in [0.05, 0.1) is 6.04 Å². The number of halogens is 1. The second-order valence-electron chi connectivity index (χ2n) is 10.4. The van der Waals surface area contributed by atoms with Gasteiger partial charge >= 0.3 is 0 Å². The van der Waals surface area contributed by atoms with Gasteiger partial charge in [-0.2, -0.15) is 0 Å². The predicted octanol–water partition coefficient (Wildman–Crippen LogP) is 9.58. The minimum absolute atomic E-state index is 0. The summed E-state index contributed by atoms with van der Waals surface area (Å²) in [7, 11) is 0. The molecule has 0 saturated heterocycles. The average Bonchev–Trinajstić information content (AvgIpc) is 3.00. The molecule has 0 bridgehead atoms. The highest BCUT2D eigenvalue weighted by Gasteiger charge is 2.24. The molecule has 5 rings (SSSR count). The van der Waals surface area contributed by atoms with Crippen LogP contribution in [-0.2, 0) is 13.1 Å². The Morgan fingerprint density at radius 1 is 0.619 bits per heavy atom. The van der Waals surface area contributed by atoms with Gasteiger partial charge in [0.1, 0.15) is 11.5 Å². The van der Waals surface area contributed by atoms with Gasteiger partial charge in [0.25, 0.3) is 0 Å². The third-order valence-corrected chi connectivity index (χ3v) is 7.11. The molecule has 0 spiro atoms. The van der Waals surface area contributed by atoms with Crippen molar-refractivity contribution in [2.24, 2.45) is 0 Å². The molecule has 0 N–H and O–H groups in total. The molecule has 0 aliphatic carbocycles. The van der Waals surface area contributed by atoms with Crippen LogP contribution in [0.3, 0.4) is 0 Å². The van der Waals surface area contributed by atoms with E-state index in [1.54, 1.807) is 6.07 Å². The van der Waals surface area contributed by atoms with Crippen LogP contribution in [0, 0.1) is 13.8 Å². The van der Waals surface area contributed by atoms with Crippen molar-refractivity contribution >= 4 is 18.2 Å². The zero-order valence-corrected chi connectivity index (χ0v) is 25.0. The second kappa shape index (κ2) is 14.5. The topological polar surface area (TPSA) is 38.8 Å². The number of Topliss-reactive ketones (excluding diaryl/α,β-unsaturated/α-hetero) is 1. The third kappa shape index (κ3) is 8.10. The fourth-order valence-corrected chi connectivity index (χ4v) is 4.66. The number of nitrogens with zero attached hydrogens (tertiary/aromatic N) is 1. The van der Waals surface area contributed by atoms with Crippen LogP contribution in [-0.4, -0.2) is 16.7 Å². The van der Waals surface area contributed by atoms with Gasteiger partial charge in [0.15, 0.2) is 17.3 Å². The summed E-state index contributed by atoms with van der Waals surface area (Å²) in [6.07, 6.45) is 0. The van der Waals surface area contributed by atoms with Crippen molar-refractivity contribution in [2.45, 2.75) is 39.9 Å². The Morgan fingerprint density at radius 3 is 1.55 bits per heavy atom. The smallest absolute Gasteiger partial charge is 0.179 e. The monoisotopic (exact) mass is 577 g/mol. The fraction of sp³-hybridized carbons (Fsp3) is 0.162. The summed E-state index contributed by atoms with van der Waals surface area (Å²) < 4.78 is 12.5. The molecule has 5 aromatic rings. The van der Waals surface area contributed by atoms with E-state index in [0.717, 1.165) is 22.3 Å². The summed E-state index contributed by atoms with van der Waals surface area (Å²) in [5.41, 5.74) is 5.19. The molecule has 5 aromatic carbocycles. The molecule has 5 heteroatoms. The van der Waals surface area contributed by atoms with Crippen LogP contribution in [0.5, 0.6) is 23.0 Å². The fourth-order valence-electron chi connectivity index (χ4n) is 4.66. The molecule has 1 atom stereocenters. The highest BCUT2D eigenvalue weighted by atomic mass is 35.5. The van der Waals surface area contributed by atoms with E-state index in [-0.39, 0.29) is 24.2 Å². The lowest BCUT2D eigenvalue weighted by atomic mass is 10.0. The van der Waals surface area contributed by atoms with Crippen molar-refractivity contribution in [3.63, 3.8) is 0 Å². The molecular formula is C37H36ClNO3. The molecule has 42 heavy (non-hydrogen) atoms. The van der Waals surface area contributed by atoms with Gasteiger partial charge in [-0.1, -0.05) is 96.1 Å². The van der Waals surface area contributed by atoms with Crippen LogP contribution in [0.1, 0.15) is 39.5 Å². The van der Waals surface area contributed by atoms with Gasteiger partial charge in [-0.3, -0.25) is 9.69 Å². The molecule has 1 unspecified atom stereocenters. The van der Waals surface area contributed by atoms with E-state index in [1.807, 2.05) is 118 Å². The van der Waals surface area contributed by atoms with Gasteiger partial charge in [-0.25, -0.2) is 0 Å². The number of hydrogen-bond donors (Lipinski definition) is 0. The molecule has 0 aliphatic rings. The maximum Gasteiger partial charge on any atom is 0.179 e. The van der Waals surface area contributed by atoms with E-state index >= 15 is 0 Å². The number of hydrogen-bond acceptors (Lipinski definition) is 4. The summed E-state index contributed by atoms with van der Waals surface area (Å²) in [6, 6.07) is 41.3. The first-order valence-electron chi connectivity index (χ1n) is 13.9. The van der Waals surface area contributed by atoms with Gasteiger partial charge in [0.2, 0.25) is 0 Å². The number of ether oxygens (including phenoxy) is 2. The SMILES string of the molecule is Cc1ccc(Oc2ccc(C(=O)C(C)N(Cc3ccccc3)Cc3ccccc3)cc2Oc2ccc(C)cc2)cc1.Cl. The van der Waals surface area contributed by atoms with Gasteiger partial charge in [0, 0.05) is 18.7 Å². The molecule has 0 amide bonds. The Kier molecular flexibility index (Phi) is 10.6. The Hall–Kier alpha value is -4.38. The summed E-state index contributed by atoms with van der Waals surface area (Å²) in [5.74, 6) is 2.44. The Balaban J connectivity index is 0.00000405. The number of carbonyl (C=O) groups excluding carboxylic acids is 1. The van der Waals surface area contributed by atoms with Crippen molar-refractivity contribution in [1.29, 1.82) is 0 Å². The van der Waals surface area contributed by atoms with Crippen LogP contribution in [0.4, 0.5) is 0 Å². The molecule has 0 radical (unpaired) electrons. The standard InChI is InChI=1S/C37H35NO3.ClH/c1-27-14-19-33(20-15-27)40-35-23-18-32(24-36(35)41-34-21-16-28(2)17-22-34)37(39)29(3)38(25-30-10-6-4-7-11-30)26-31-12-8-5-9-13-31;/h4-24,29H,25-26H2,1-3H3;1H. The summed E-state index contributed by atoms with van der Waals surface area (Å²) in [6.45, 7) is 7.36. The van der Waals surface area contributed by atoms with Crippen molar-refractivity contribution < 1.29 is 14.3 Å². The predicted molar refractivity (Wildman–Crippen MR) is 172 cm³/mol. The van der Waals surface area contributed by atoms with Crippen LogP contribution in [0.25, 0.3) is 0 Å². The van der Waals surface area contributed by atoms with Crippen LogP contribution < -0.4 is 9.47 Å². The third-order valence-electron chi connectivity index (χ3n) is 7.11. The number of aryl methyl sites for hydroxylation is 2. The maximum absolute atomic E-state index is 14.0. The molecule has 0 aliphatic heterocycles. The molecular weight excluding hydrogens is 542 g/mol. The molecule has 0 heterocycles. The maximum atomic E-state index is 14.0.